The Morgan fingerprint density at radius 2 is 2.64 bits per heavy atom. The van der Waals surface area contributed by atoms with Crippen molar-refractivity contribution in [3.8, 4) is 0 Å². The van der Waals surface area contributed by atoms with Gasteiger partial charge in [-0.3, -0.25) is 0 Å². The second kappa shape index (κ2) is 4.83. The minimum atomic E-state index is 0.608. The molecule has 0 aromatic carbocycles. The van der Waals surface area contributed by atoms with Crippen LogP contribution in [0.4, 0.5) is 0 Å². The number of thioether (sulfide) groups is 1. The predicted octanol–water partition coefficient (Wildman–Crippen LogP) is 2.05. The lowest BCUT2D eigenvalue weighted by atomic mass is 10.2. The maximum Gasteiger partial charge on any atom is 0.0168 e. The first-order valence-electron chi connectivity index (χ1n) is 4.27. The monoisotopic (exact) mass is 171 g/mol. The summed E-state index contributed by atoms with van der Waals surface area (Å²) in [6.45, 7) is 5.96. The number of rotatable bonds is 4. The van der Waals surface area contributed by atoms with E-state index in [9.17, 15) is 0 Å². The molecule has 1 aliphatic heterocycles. The summed E-state index contributed by atoms with van der Waals surface area (Å²) < 4.78 is 0. The van der Waals surface area contributed by atoms with Gasteiger partial charge >= 0.3 is 0 Å². The van der Waals surface area contributed by atoms with Gasteiger partial charge in [0.25, 0.3) is 0 Å². The zero-order chi connectivity index (χ0) is 8.10. The highest BCUT2D eigenvalue weighted by Gasteiger charge is 2.16. The zero-order valence-corrected chi connectivity index (χ0v) is 7.99. The molecule has 1 heterocycles. The molecule has 2 atom stereocenters. The van der Waals surface area contributed by atoms with Gasteiger partial charge in [-0.05, 0) is 25.5 Å². The van der Waals surface area contributed by atoms with Gasteiger partial charge in [0.1, 0.15) is 0 Å². The second-order valence-electron chi connectivity index (χ2n) is 3.15. The third-order valence-corrected chi connectivity index (χ3v) is 3.13. The van der Waals surface area contributed by atoms with E-state index in [0.717, 1.165) is 12.5 Å². The summed E-state index contributed by atoms with van der Waals surface area (Å²) in [5.74, 6) is 2.62. The van der Waals surface area contributed by atoms with Crippen LogP contribution in [-0.4, -0.2) is 23.6 Å². The van der Waals surface area contributed by atoms with Crippen molar-refractivity contribution in [2.75, 3.05) is 11.5 Å². The van der Waals surface area contributed by atoms with E-state index in [-0.39, 0.29) is 0 Å². The summed E-state index contributed by atoms with van der Waals surface area (Å²) in [5, 5.41) is 3.59. The van der Waals surface area contributed by atoms with Crippen LogP contribution in [0, 0.1) is 0 Å². The topological polar surface area (TPSA) is 12.0 Å². The Labute approximate surface area is 73.6 Å². The van der Waals surface area contributed by atoms with E-state index in [0.29, 0.717) is 6.04 Å². The Bertz CT molecular complexity index is 119. The number of nitrogens with one attached hydrogen (secondary N) is 1. The summed E-state index contributed by atoms with van der Waals surface area (Å²) in [6, 6.07) is 1.37. The van der Waals surface area contributed by atoms with Gasteiger partial charge in [0.05, 0.1) is 0 Å². The molecule has 1 rings (SSSR count). The van der Waals surface area contributed by atoms with Crippen molar-refractivity contribution >= 4 is 11.8 Å². The molecule has 2 heteroatoms. The SMILES string of the molecule is C=CCC(C)NC1CCSC1. The number of hydrogen-bond donors (Lipinski definition) is 1. The fourth-order valence-electron chi connectivity index (χ4n) is 1.39. The van der Waals surface area contributed by atoms with Crippen molar-refractivity contribution in [3.63, 3.8) is 0 Å². The van der Waals surface area contributed by atoms with Crippen LogP contribution in [0.1, 0.15) is 19.8 Å². The van der Waals surface area contributed by atoms with Crippen LogP contribution >= 0.6 is 11.8 Å². The van der Waals surface area contributed by atoms with E-state index in [2.05, 4.69) is 30.6 Å². The van der Waals surface area contributed by atoms with Crippen molar-refractivity contribution in [2.45, 2.75) is 31.8 Å². The van der Waals surface area contributed by atoms with E-state index in [4.69, 9.17) is 0 Å². The summed E-state index contributed by atoms with van der Waals surface area (Å²) in [4.78, 5) is 0. The second-order valence-corrected chi connectivity index (χ2v) is 4.30. The van der Waals surface area contributed by atoms with E-state index in [1.165, 1.54) is 17.9 Å². The molecule has 1 nitrogen and oxygen atoms in total. The fraction of sp³-hybridized carbons (Fsp3) is 0.778. The minimum Gasteiger partial charge on any atom is -0.310 e. The van der Waals surface area contributed by atoms with Crippen molar-refractivity contribution in [1.29, 1.82) is 0 Å². The van der Waals surface area contributed by atoms with Crippen molar-refractivity contribution in [2.24, 2.45) is 0 Å². The fourth-order valence-corrected chi connectivity index (χ4v) is 2.55. The molecular formula is C9H17NS. The van der Waals surface area contributed by atoms with Crippen LogP contribution < -0.4 is 5.32 Å². The first kappa shape index (κ1) is 9.14. The summed E-state index contributed by atoms with van der Waals surface area (Å²) in [6.07, 6.45) is 4.41. The molecule has 0 aromatic rings. The highest BCUT2D eigenvalue weighted by molar-refractivity contribution is 7.99. The van der Waals surface area contributed by atoms with Crippen LogP contribution in [0.2, 0.25) is 0 Å². The number of hydrogen-bond acceptors (Lipinski definition) is 2. The molecule has 1 aliphatic rings. The average Bonchev–Trinajstić information content (AvgIpc) is 2.40. The third-order valence-electron chi connectivity index (χ3n) is 1.97. The summed E-state index contributed by atoms with van der Waals surface area (Å²) in [7, 11) is 0. The van der Waals surface area contributed by atoms with Gasteiger partial charge < -0.3 is 5.32 Å². The van der Waals surface area contributed by atoms with Gasteiger partial charge in [-0.1, -0.05) is 6.08 Å². The van der Waals surface area contributed by atoms with Crippen LogP contribution in [0.3, 0.4) is 0 Å². The van der Waals surface area contributed by atoms with Crippen LogP contribution in [0.25, 0.3) is 0 Å². The van der Waals surface area contributed by atoms with Gasteiger partial charge in [0, 0.05) is 17.8 Å². The van der Waals surface area contributed by atoms with Crippen LogP contribution in [0.5, 0.6) is 0 Å². The van der Waals surface area contributed by atoms with Gasteiger partial charge in [0.2, 0.25) is 0 Å². The van der Waals surface area contributed by atoms with Crippen molar-refractivity contribution in [1.82, 2.24) is 5.32 Å². The lowest BCUT2D eigenvalue weighted by Crippen LogP contribution is -2.35. The van der Waals surface area contributed by atoms with Gasteiger partial charge in [-0.15, -0.1) is 6.58 Å². The van der Waals surface area contributed by atoms with Crippen molar-refractivity contribution in [3.05, 3.63) is 12.7 Å². The maximum absolute atomic E-state index is 3.73. The van der Waals surface area contributed by atoms with E-state index in [1.807, 2.05) is 6.08 Å². The van der Waals surface area contributed by atoms with Crippen LogP contribution in [0.15, 0.2) is 12.7 Å². The first-order chi connectivity index (χ1) is 5.33. The Morgan fingerprint density at radius 3 is 3.18 bits per heavy atom. The molecule has 0 radical (unpaired) electrons. The predicted molar refractivity (Wildman–Crippen MR) is 53.1 cm³/mol. The highest BCUT2D eigenvalue weighted by Crippen LogP contribution is 2.17. The molecule has 1 fully saturated rings. The Kier molecular flexibility index (Phi) is 4.02. The zero-order valence-electron chi connectivity index (χ0n) is 7.18. The molecule has 0 spiro atoms. The smallest absolute Gasteiger partial charge is 0.0168 e. The molecule has 0 aliphatic carbocycles. The molecule has 64 valence electrons. The lowest BCUT2D eigenvalue weighted by Gasteiger charge is -2.16. The Hall–Kier alpha value is 0.0500. The molecule has 2 unspecified atom stereocenters. The summed E-state index contributed by atoms with van der Waals surface area (Å²) in [5.41, 5.74) is 0. The average molecular weight is 171 g/mol. The highest BCUT2D eigenvalue weighted by atomic mass is 32.2. The molecule has 0 aromatic heterocycles. The van der Waals surface area contributed by atoms with Gasteiger partial charge in [0.15, 0.2) is 0 Å². The Morgan fingerprint density at radius 1 is 1.82 bits per heavy atom. The Balaban J connectivity index is 2.12. The molecule has 0 amide bonds. The summed E-state index contributed by atoms with van der Waals surface area (Å²) >= 11 is 2.05. The van der Waals surface area contributed by atoms with Crippen molar-refractivity contribution < 1.29 is 0 Å². The van der Waals surface area contributed by atoms with Gasteiger partial charge in [-0.25, -0.2) is 0 Å². The van der Waals surface area contributed by atoms with Gasteiger partial charge in [-0.2, -0.15) is 11.8 Å². The molecular weight excluding hydrogens is 154 g/mol. The standard InChI is InChI=1S/C9H17NS/c1-3-4-8(2)10-9-5-6-11-7-9/h3,8-10H,1,4-7H2,2H3. The van der Waals surface area contributed by atoms with Crippen LogP contribution in [-0.2, 0) is 0 Å². The quantitative estimate of drug-likeness (QED) is 0.650. The third kappa shape index (κ3) is 3.30. The normalized spacial score (nSPS) is 26.8. The molecule has 0 bridgehead atoms. The maximum atomic E-state index is 3.73. The van der Waals surface area contributed by atoms with E-state index < -0.39 is 0 Å². The molecule has 1 saturated heterocycles. The molecule has 11 heavy (non-hydrogen) atoms. The first-order valence-corrected chi connectivity index (χ1v) is 5.43. The molecule has 1 N–H and O–H groups in total. The lowest BCUT2D eigenvalue weighted by molar-refractivity contribution is 0.475. The molecule has 0 saturated carbocycles. The minimum absolute atomic E-state index is 0.608. The largest absolute Gasteiger partial charge is 0.310 e. The van der Waals surface area contributed by atoms with E-state index in [1.54, 1.807) is 0 Å². The van der Waals surface area contributed by atoms with E-state index >= 15 is 0 Å².